The zero-order valence-corrected chi connectivity index (χ0v) is 22.9. The van der Waals surface area contributed by atoms with E-state index in [1.807, 2.05) is 62.4 Å². The third-order valence-corrected chi connectivity index (χ3v) is 4.49. The lowest BCUT2D eigenvalue weighted by atomic mass is 10.0. The Morgan fingerprint density at radius 2 is 1.00 bits per heavy atom. The monoisotopic (exact) mass is 537 g/mol. The molecule has 0 aliphatic carbocycles. The van der Waals surface area contributed by atoms with Crippen molar-refractivity contribution in [3.8, 4) is 0 Å². The summed E-state index contributed by atoms with van der Waals surface area (Å²) in [5.41, 5.74) is 4.09. The van der Waals surface area contributed by atoms with Crippen LogP contribution in [0.25, 0.3) is 0 Å². The lowest BCUT2D eigenvalue weighted by molar-refractivity contribution is -0.763. The molecule has 2 aromatic rings. The number of hydrogen-bond donors (Lipinski definition) is 0. The minimum atomic E-state index is -0.778. The van der Waals surface area contributed by atoms with E-state index in [0.29, 0.717) is 11.8 Å². The average molecular weight is 538 g/mol. The van der Waals surface area contributed by atoms with E-state index in [2.05, 4.69) is 42.2 Å². The van der Waals surface area contributed by atoms with E-state index in [1.54, 1.807) is 0 Å². The number of hydrogen-bond acceptors (Lipinski definition) is 9. The molecule has 0 N–H and O–H groups in total. The van der Waals surface area contributed by atoms with Gasteiger partial charge in [0.2, 0.25) is 0 Å². The van der Waals surface area contributed by atoms with Gasteiger partial charge in [-0.3, -0.25) is 0 Å². The average Bonchev–Trinajstić information content (AvgIpc) is 2.81. The van der Waals surface area contributed by atoms with Gasteiger partial charge in [0.05, 0.1) is 6.61 Å². The Bertz CT molecular complexity index is 965. The Kier molecular flexibility index (Phi) is 17.2. The van der Waals surface area contributed by atoms with E-state index in [-0.39, 0.29) is 25.7 Å². The van der Waals surface area contributed by atoms with Gasteiger partial charge in [0.25, 0.3) is 15.3 Å². The predicted molar refractivity (Wildman–Crippen MR) is 141 cm³/mol. The molecule has 0 unspecified atom stereocenters. The van der Waals surface area contributed by atoms with Crippen LogP contribution in [0.4, 0.5) is 0 Å². The third kappa shape index (κ3) is 20.3. The normalized spacial score (nSPS) is 10.1. The molecule has 12 heteroatoms. The number of benzene rings is 2. The molecular weight excluding hydrogens is 498 g/mol. The van der Waals surface area contributed by atoms with Gasteiger partial charge in [-0.2, -0.15) is 0 Å². The van der Waals surface area contributed by atoms with Crippen molar-refractivity contribution in [2.45, 2.75) is 67.6 Å². The van der Waals surface area contributed by atoms with Crippen LogP contribution in [0.5, 0.6) is 0 Å². The Labute approximate surface area is 223 Å². The predicted octanol–water partition coefficient (Wildman–Crippen LogP) is 6.04. The SMILES string of the molecule is CC(C)CO[N+](=O)[O-].CC(C)Cc1ccc(CO[N+](=O)[O-])cc1.CC(C)Cc1cccc(CO[N+](=O)[O-])c1. The first kappa shape index (κ1) is 34.0. The van der Waals surface area contributed by atoms with Crippen LogP contribution in [0.1, 0.15) is 63.8 Å². The minimum absolute atomic E-state index is 0.0228. The molecule has 0 aromatic heterocycles. The van der Waals surface area contributed by atoms with Crippen molar-refractivity contribution in [3.63, 3.8) is 0 Å². The fraction of sp³-hybridized carbons (Fsp3) is 0.538. The summed E-state index contributed by atoms with van der Waals surface area (Å²) in [5, 5.41) is 27.2. The molecule has 38 heavy (non-hydrogen) atoms. The topological polar surface area (TPSA) is 157 Å². The van der Waals surface area contributed by atoms with Crippen LogP contribution < -0.4 is 0 Å². The molecule has 0 spiro atoms. The largest absolute Gasteiger partial charge is 0.314 e. The molecule has 0 atom stereocenters. The van der Waals surface area contributed by atoms with E-state index >= 15 is 0 Å². The van der Waals surface area contributed by atoms with Gasteiger partial charge < -0.3 is 14.5 Å². The summed E-state index contributed by atoms with van der Waals surface area (Å²) in [6.45, 7) is 12.5. The van der Waals surface area contributed by atoms with E-state index in [4.69, 9.17) is 0 Å². The third-order valence-electron chi connectivity index (χ3n) is 4.49. The van der Waals surface area contributed by atoms with E-state index in [1.165, 1.54) is 11.1 Å². The van der Waals surface area contributed by atoms with Crippen LogP contribution in [0, 0.1) is 48.1 Å². The van der Waals surface area contributed by atoms with Crippen molar-refractivity contribution in [2.75, 3.05) is 6.61 Å². The Hall–Kier alpha value is -3.96. The van der Waals surface area contributed by atoms with Crippen molar-refractivity contribution < 1.29 is 29.8 Å². The maximum Gasteiger partial charge on any atom is 0.294 e. The quantitative estimate of drug-likeness (QED) is 0.219. The lowest BCUT2D eigenvalue weighted by Gasteiger charge is -2.06. The second-order valence-corrected chi connectivity index (χ2v) is 9.74. The van der Waals surface area contributed by atoms with Gasteiger partial charge in [-0.15, -0.1) is 30.3 Å². The van der Waals surface area contributed by atoms with Crippen molar-refractivity contribution in [3.05, 3.63) is 101 Å². The van der Waals surface area contributed by atoms with Crippen molar-refractivity contribution in [1.29, 1.82) is 0 Å². The van der Waals surface area contributed by atoms with E-state index < -0.39 is 15.3 Å². The van der Waals surface area contributed by atoms with E-state index in [9.17, 15) is 30.3 Å². The summed E-state index contributed by atoms with van der Waals surface area (Å²) in [5.74, 6) is 1.42. The molecule has 0 saturated heterocycles. The fourth-order valence-electron chi connectivity index (χ4n) is 3.03. The van der Waals surface area contributed by atoms with Crippen molar-refractivity contribution in [2.24, 2.45) is 17.8 Å². The lowest BCUT2D eigenvalue weighted by Crippen LogP contribution is -2.06. The first-order chi connectivity index (χ1) is 17.8. The van der Waals surface area contributed by atoms with Gasteiger partial charge in [-0.25, -0.2) is 0 Å². The summed E-state index contributed by atoms with van der Waals surface area (Å²) >= 11 is 0. The molecule has 212 valence electrons. The van der Waals surface area contributed by atoms with Gasteiger partial charge in [-0.05, 0) is 52.8 Å². The van der Waals surface area contributed by atoms with Gasteiger partial charge in [0, 0.05) is 0 Å². The Morgan fingerprint density at radius 3 is 1.42 bits per heavy atom. The van der Waals surface area contributed by atoms with Gasteiger partial charge in [0.15, 0.2) is 0 Å². The second-order valence-electron chi connectivity index (χ2n) is 9.74. The maximum absolute atomic E-state index is 10.0. The fourth-order valence-corrected chi connectivity index (χ4v) is 3.03. The first-order valence-corrected chi connectivity index (χ1v) is 12.3. The van der Waals surface area contributed by atoms with E-state index in [0.717, 1.165) is 24.0 Å². The molecule has 0 heterocycles. The highest BCUT2D eigenvalue weighted by atomic mass is 17.0. The molecular formula is C26H39N3O9. The summed E-state index contributed by atoms with van der Waals surface area (Å²) in [6, 6.07) is 15.4. The smallest absolute Gasteiger partial charge is 0.294 e. The summed E-state index contributed by atoms with van der Waals surface area (Å²) < 4.78 is 0. The molecule has 0 saturated carbocycles. The molecule has 0 fully saturated rings. The minimum Gasteiger partial charge on any atom is -0.314 e. The van der Waals surface area contributed by atoms with Crippen LogP contribution in [0.3, 0.4) is 0 Å². The zero-order valence-electron chi connectivity index (χ0n) is 22.9. The van der Waals surface area contributed by atoms with Crippen LogP contribution in [0.15, 0.2) is 48.5 Å². The highest BCUT2D eigenvalue weighted by Crippen LogP contribution is 2.12. The van der Waals surface area contributed by atoms with Crippen molar-refractivity contribution in [1.82, 2.24) is 0 Å². The van der Waals surface area contributed by atoms with Crippen LogP contribution in [0.2, 0.25) is 0 Å². The maximum atomic E-state index is 10.0. The highest BCUT2D eigenvalue weighted by molar-refractivity contribution is 5.23. The summed E-state index contributed by atoms with van der Waals surface area (Å²) in [4.78, 5) is 42.1. The van der Waals surface area contributed by atoms with Crippen LogP contribution in [-0.4, -0.2) is 21.9 Å². The molecule has 0 aliphatic heterocycles. The highest BCUT2D eigenvalue weighted by Gasteiger charge is 2.02. The first-order valence-electron chi connectivity index (χ1n) is 12.3. The molecule has 0 aliphatic rings. The molecule has 2 rings (SSSR count). The summed E-state index contributed by atoms with van der Waals surface area (Å²) in [6.07, 6.45) is 2.00. The van der Waals surface area contributed by atoms with Gasteiger partial charge >= 0.3 is 0 Å². The Morgan fingerprint density at radius 1 is 0.579 bits per heavy atom. The van der Waals surface area contributed by atoms with Crippen molar-refractivity contribution >= 4 is 0 Å². The van der Waals surface area contributed by atoms with Crippen LogP contribution in [-0.2, 0) is 40.6 Å². The molecule has 2 aromatic carbocycles. The number of nitrogens with zero attached hydrogens (tertiary/aromatic N) is 3. The Balaban J connectivity index is 0.000000569. The summed E-state index contributed by atoms with van der Waals surface area (Å²) in [7, 11) is 0. The molecule has 0 bridgehead atoms. The molecule has 0 amide bonds. The zero-order chi connectivity index (χ0) is 29.1. The molecule has 12 nitrogen and oxygen atoms in total. The molecule has 0 radical (unpaired) electrons. The number of rotatable bonds is 13. The van der Waals surface area contributed by atoms with Gasteiger partial charge in [-0.1, -0.05) is 90.1 Å². The van der Waals surface area contributed by atoms with Crippen LogP contribution >= 0.6 is 0 Å². The second kappa shape index (κ2) is 19.2. The standard InChI is InChI=1S/2C11H15NO3.C4H9NO3/c1-9(2)7-10-3-5-11(6-4-10)8-15-12(13)14;1-9(2)6-10-4-3-5-11(7-10)8-15-12(13)14;1-4(2)3-8-5(6)7/h3-6,9H,7-8H2,1-2H3;3-5,7,9H,6,8H2,1-2H3;4H,3H2,1-2H3. The van der Waals surface area contributed by atoms with Gasteiger partial charge in [0.1, 0.15) is 13.2 Å².